The van der Waals surface area contributed by atoms with Gasteiger partial charge in [-0.1, -0.05) is 12.1 Å². The molecular weight excluding hydrogens is 343 g/mol. The van der Waals surface area contributed by atoms with Gasteiger partial charge in [-0.3, -0.25) is 9.69 Å². The molecule has 0 radical (unpaired) electrons. The number of aryl methyl sites for hydroxylation is 2. The number of piperidine rings is 1. The second-order valence-corrected chi connectivity index (χ2v) is 7.65. The maximum absolute atomic E-state index is 13.6. The van der Waals surface area contributed by atoms with Gasteiger partial charge in [-0.05, 0) is 63.9 Å². The van der Waals surface area contributed by atoms with E-state index in [9.17, 15) is 9.18 Å². The minimum Gasteiger partial charge on any atom is -0.341 e. The number of aromatic nitrogens is 2. The lowest BCUT2D eigenvalue weighted by atomic mass is 9.92. The van der Waals surface area contributed by atoms with Crippen molar-refractivity contribution < 1.29 is 9.18 Å². The second-order valence-electron chi connectivity index (χ2n) is 7.65. The van der Waals surface area contributed by atoms with Crippen molar-refractivity contribution >= 4 is 5.91 Å². The van der Waals surface area contributed by atoms with Gasteiger partial charge in [0, 0.05) is 32.0 Å². The maximum Gasteiger partial charge on any atom is 0.244 e. The number of halogens is 1. The lowest BCUT2D eigenvalue weighted by Crippen LogP contribution is -2.44. The quantitative estimate of drug-likeness (QED) is 0.782. The van der Waals surface area contributed by atoms with Gasteiger partial charge in [0.15, 0.2) is 0 Å². The lowest BCUT2D eigenvalue weighted by molar-refractivity contribution is -0.137. The summed E-state index contributed by atoms with van der Waals surface area (Å²) in [5.74, 6) is 1.43. The Morgan fingerprint density at radius 2 is 2.07 bits per heavy atom. The summed E-state index contributed by atoms with van der Waals surface area (Å²) in [6.07, 6.45) is 7.00. The molecule has 6 heteroatoms. The van der Waals surface area contributed by atoms with Gasteiger partial charge in [0.1, 0.15) is 17.7 Å². The Hall–Kier alpha value is -2.21. The van der Waals surface area contributed by atoms with Crippen LogP contribution >= 0.6 is 0 Å². The zero-order valence-electron chi connectivity index (χ0n) is 16.4. The van der Waals surface area contributed by atoms with Crippen molar-refractivity contribution in [2.75, 3.05) is 27.2 Å². The molecule has 27 heavy (non-hydrogen) atoms. The summed E-state index contributed by atoms with van der Waals surface area (Å²) in [6.45, 7) is 4.54. The first-order valence-corrected chi connectivity index (χ1v) is 9.64. The molecule has 0 bridgehead atoms. The molecule has 1 aromatic carbocycles. The fourth-order valence-electron chi connectivity index (χ4n) is 3.91. The van der Waals surface area contributed by atoms with Crippen LogP contribution in [0.15, 0.2) is 36.7 Å². The fourth-order valence-corrected chi connectivity index (χ4v) is 3.91. The van der Waals surface area contributed by atoms with Gasteiger partial charge in [0.2, 0.25) is 5.91 Å². The molecule has 5 nitrogen and oxygen atoms in total. The zero-order chi connectivity index (χ0) is 19.4. The van der Waals surface area contributed by atoms with E-state index in [1.165, 1.54) is 12.1 Å². The van der Waals surface area contributed by atoms with Gasteiger partial charge in [-0.15, -0.1) is 0 Å². The highest BCUT2D eigenvalue weighted by molar-refractivity contribution is 5.83. The van der Waals surface area contributed by atoms with Crippen molar-refractivity contribution in [1.29, 1.82) is 0 Å². The van der Waals surface area contributed by atoms with Crippen molar-refractivity contribution in [3.05, 3.63) is 53.9 Å². The zero-order valence-corrected chi connectivity index (χ0v) is 16.4. The first-order valence-electron chi connectivity index (χ1n) is 9.64. The number of carbonyl (C=O) groups excluding carboxylic acids is 1. The highest BCUT2D eigenvalue weighted by Crippen LogP contribution is 2.27. The van der Waals surface area contributed by atoms with Crippen LogP contribution in [0.1, 0.15) is 36.7 Å². The van der Waals surface area contributed by atoms with E-state index in [4.69, 9.17) is 0 Å². The van der Waals surface area contributed by atoms with Crippen LogP contribution in [0.25, 0.3) is 0 Å². The Morgan fingerprint density at radius 3 is 2.67 bits per heavy atom. The fraction of sp³-hybridized carbons (Fsp3) is 0.524. The predicted octanol–water partition coefficient (Wildman–Crippen LogP) is 3.26. The third-order valence-corrected chi connectivity index (χ3v) is 5.54. The Kier molecular flexibility index (Phi) is 6.26. The third-order valence-electron chi connectivity index (χ3n) is 5.54. The van der Waals surface area contributed by atoms with Crippen molar-refractivity contribution in [3.8, 4) is 0 Å². The number of amides is 1. The van der Waals surface area contributed by atoms with E-state index in [-0.39, 0.29) is 11.7 Å². The van der Waals surface area contributed by atoms with E-state index in [0.717, 1.165) is 44.7 Å². The van der Waals surface area contributed by atoms with Crippen LogP contribution < -0.4 is 0 Å². The van der Waals surface area contributed by atoms with Crippen molar-refractivity contribution in [2.45, 2.75) is 38.8 Å². The molecule has 2 aromatic rings. The first kappa shape index (κ1) is 19.5. The SMILES string of the molecule is Cc1nccn1CCC1CCN(C(=O)[C@@H](c2cccc(F)c2)N(C)C)CC1. The summed E-state index contributed by atoms with van der Waals surface area (Å²) in [4.78, 5) is 21.2. The molecule has 1 aliphatic rings. The Balaban J connectivity index is 1.57. The molecule has 1 fully saturated rings. The monoisotopic (exact) mass is 372 g/mol. The summed E-state index contributed by atoms with van der Waals surface area (Å²) in [5.41, 5.74) is 0.711. The van der Waals surface area contributed by atoms with Gasteiger partial charge in [0.25, 0.3) is 0 Å². The topological polar surface area (TPSA) is 41.4 Å². The molecule has 0 N–H and O–H groups in total. The normalized spacial score (nSPS) is 16.7. The third kappa shape index (κ3) is 4.75. The molecule has 2 heterocycles. The van der Waals surface area contributed by atoms with E-state index in [0.29, 0.717) is 11.5 Å². The number of hydrogen-bond donors (Lipinski definition) is 0. The standard InChI is InChI=1S/C21H29FN4O/c1-16-23-10-14-25(16)11-7-17-8-12-26(13-9-17)21(27)20(24(2)3)18-5-4-6-19(22)15-18/h4-6,10,14-15,17,20H,7-9,11-13H2,1-3H3/t20-/m1/s1. The highest BCUT2D eigenvalue weighted by Gasteiger charge is 2.30. The number of imidazole rings is 1. The molecule has 0 unspecified atom stereocenters. The van der Waals surface area contributed by atoms with Gasteiger partial charge in [-0.25, -0.2) is 9.37 Å². The largest absolute Gasteiger partial charge is 0.341 e. The van der Waals surface area contributed by atoms with Gasteiger partial charge >= 0.3 is 0 Å². The number of likely N-dealkylation sites (N-methyl/N-ethyl adjacent to an activating group) is 1. The lowest BCUT2D eigenvalue weighted by Gasteiger charge is -2.36. The molecule has 1 aromatic heterocycles. The number of rotatable bonds is 6. The van der Waals surface area contributed by atoms with Crippen LogP contribution in [0.3, 0.4) is 0 Å². The van der Waals surface area contributed by atoms with E-state index < -0.39 is 6.04 Å². The molecule has 1 amide bonds. The maximum atomic E-state index is 13.6. The summed E-state index contributed by atoms with van der Waals surface area (Å²) < 4.78 is 15.8. The van der Waals surface area contributed by atoms with E-state index in [1.54, 1.807) is 6.07 Å². The van der Waals surface area contributed by atoms with Crippen molar-refractivity contribution in [1.82, 2.24) is 19.4 Å². The summed E-state index contributed by atoms with van der Waals surface area (Å²) in [7, 11) is 3.74. The predicted molar refractivity (Wildman–Crippen MR) is 104 cm³/mol. The van der Waals surface area contributed by atoms with Gasteiger partial charge in [0.05, 0.1) is 0 Å². The molecule has 1 aliphatic heterocycles. The van der Waals surface area contributed by atoms with Gasteiger partial charge < -0.3 is 9.47 Å². The molecule has 146 valence electrons. The van der Waals surface area contributed by atoms with E-state index in [2.05, 4.69) is 9.55 Å². The van der Waals surface area contributed by atoms with Crippen molar-refractivity contribution in [2.24, 2.45) is 5.92 Å². The van der Waals surface area contributed by atoms with Crippen LogP contribution in [-0.2, 0) is 11.3 Å². The Labute approximate surface area is 160 Å². The summed E-state index contributed by atoms with van der Waals surface area (Å²) in [6, 6.07) is 5.92. The van der Waals surface area contributed by atoms with Crippen LogP contribution in [0.4, 0.5) is 4.39 Å². The summed E-state index contributed by atoms with van der Waals surface area (Å²) in [5, 5.41) is 0. The molecular formula is C21H29FN4O. The number of likely N-dealkylation sites (tertiary alicyclic amines) is 1. The Morgan fingerprint density at radius 1 is 1.33 bits per heavy atom. The number of carbonyl (C=O) groups is 1. The van der Waals surface area contributed by atoms with Crippen LogP contribution in [0.2, 0.25) is 0 Å². The second kappa shape index (κ2) is 8.65. The minimum atomic E-state index is -0.439. The van der Waals surface area contributed by atoms with Gasteiger partial charge in [-0.2, -0.15) is 0 Å². The van der Waals surface area contributed by atoms with Crippen LogP contribution in [0, 0.1) is 18.7 Å². The molecule has 1 atom stereocenters. The molecule has 1 saturated heterocycles. The van der Waals surface area contributed by atoms with Crippen LogP contribution in [-0.4, -0.2) is 52.4 Å². The number of hydrogen-bond acceptors (Lipinski definition) is 3. The highest BCUT2D eigenvalue weighted by atomic mass is 19.1. The summed E-state index contributed by atoms with van der Waals surface area (Å²) >= 11 is 0. The van der Waals surface area contributed by atoms with E-state index in [1.807, 2.05) is 49.3 Å². The smallest absolute Gasteiger partial charge is 0.244 e. The number of nitrogens with zero attached hydrogens (tertiary/aromatic N) is 4. The van der Waals surface area contributed by atoms with E-state index >= 15 is 0 Å². The first-order chi connectivity index (χ1) is 13.0. The molecule has 0 spiro atoms. The average molecular weight is 372 g/mol. The molecule has 0 saturated carbocycles. The average Bonchev–Trinajstić information content (AvgIpc) is 3.05. The van der Waals surface area contributed by atoms with Crippen molar-refractivity contribution in [3.63, 3.8) is 0 Å². The minimum absolute atomic E-state index is 0.0644. The molecule has 3 rings (SSSR count). The molecule has 0 aliphatic carbocycles. The number of benzene rings is 1. The Bertz CT molecular complexity index is 765. The van der Waals surface area contributed by atoms with Crippen LogP contribution in [0.5, 0.6) is 0 Å².